The number of pyridine rings is 1. The van der Waals surface area contributed by atoms with E-state index in [1.54, 1.807) is 25.3 Å². The molecule has 0 aliphatic rings. The summed E-state index contributed by atoms with van der Waals surface area (Å²) in [5.41, 5.74) is 0.793. The predicted octanol–water partition coefficient (Wildman–Crippen LogP) is 2.93. The van der Waals surface area contributed by atoms with E-state index in [-0.39, 0.29) is 0 Å². The number of rotatable bonds is 3. The van der Waals surface area contributed by atoms with Crippen LogP contribution in [0.2, 0.25) is 0 Å². The first-order valence-corrected chi connectivity index (χ1v) is 5.12. The quantitative estimate of drug-likeness (QED) is 0.855. The van der Waals surface area contributed by atoms with Crippen molar-refractivity contribution in [3.05, 3.63) is 54.2 Å². The minimum atomic E-state index is -0.513. The number of aliphatic hydroxyl groups excluding tert-OH is 1. The average molecular weight is 215 g/mol. The van der Waals surface area contributed by atoms with Crippen molar-refractivity contribution >= 4 is 0 Å². The number of ether oxygens (including phenoxy) is 1. The van der Waals surface area contributed by atoms with E-state index in [0.29, 0.717) is 5.88 Å². The van der Waals surface area contributed by atoms with E-state index in [1.807, 2.05) is 30.3 Å². The summed E-state index contributed by atoms with van der Waals surface area (Å²) >= 11 is 0. The highest BCUT2D eigenvalue weighted by Gasteiger charge is 2.03. The van der Waals surface area contributed by atoms with Gasteiger partial charge < -0.3 is 9.84 Å². The third-order valence-corrected chi connectivity index (χ3v) is 2.21. The summed E-state index contributed by atoms with van der Waals surface area (Å²) in [6.07, 6.45) is 1.11. The molecule has 1 atom stereocenters. The summed E-state index contributed by atoms with van der Waals surface area (Å²) in [5.74, 6) is 1.22. The summed E-state index contributed by atoms with van der Waals surface area (Å²) in [6.45, 7) is 1.71. The monoisotopic (exact) mass is 215 g/mol. The van der Waals surface area contributed by atoms with Crippen molar-refractivity contribution in [3.8, 4) is 11.6 Å². The first-order chi connectivity index (χ1) is 7.75. The van der Waals surface area contributed by atoms with Gasteiger partial charge in [-0.25, -0.2) is 4.98 Å². The highest BCUT2D eigenvalue weighted by molar-refractivity contribution is 5.29. The van der Waals surface area contributed by atoms with Crippen LogP contribution in [0.5, 0.6) is 11.6 Å². The molecule has 1 N–H and O–H groups in total. The van der Waals surface area contributed by atoms with Crippen LogP contribution in [0.25, 0.3) is 0 Å². The molecule has 0 radical (unpaired) electrons. The summed E-state index contributed by atoms with van der Waals surface area (Å²) in [7, 11) is 0. The van der Waals surface area contributed by atoms with Crippen molar-refractivity contribution in [1.29, 1.82) is 0 Å². The lowest BCUT2D eigenvalue weighted by atomic mass is 10.2. The van der Waals surface area contributed by atoms with Crippen LogP contribution in [0.1, 0.15) is 18.6 Å². The van der Waals surface area contributed by atoms with Crippen LogP contribution in [-0.4, -0.2) is 10.1 Å². The van der Waals surface area contributed by atoms with Crippen molar-refractivity contribution in [1.82, 2.24) is 4.98 Å². The van der Waals surface area contributed by atoms with E-state index in [0.717, 1.165) is 11.3 Å². The molecule has 0 spiro atoms. The second-order valence-electron chi connectivity index (χ2n) is 3.52. The maximum atomic E-state index is 9.43. The molecule has 3 heteroatoms. The third kappa shape index (κ3) is 2.58. The van der Waals surface area contributed by atoms with Crippen molar-refractivity contribution < 1.29 is 9.84 Å². The lowest BCUT2D eigenvalue weighted by Crippen LogP contribution is -1.93. The number of aliphatic hydroxyl groups is 1. The van der Waals surface area contributed by atoms with Crippen LogP contribution in [0.4, 0.5) is 0 Å². The summed E-state index contributed by atoms with van der Waals surface area (Å²) in [4.78, 5) is 4.08. The van der Waals surface area contributed by atoms with Gasteiger partial charge in [-0.15, -0.1) is 0 Å². The Labute approximate surface area is 94.3 Å². The highest BCUT2D eigenvalue weighted by atomic mass is 16.5. The first kappa shape index (κ1) is 10.6. The van der Waals surface area contributed by atoms with Gasteiger partial charge >= 0.3 is 0 Å². The molecule has 1 heterocycles. The largest absolute Gasteiger partial charge is 0.439 e. The van der Waals surface area contributed by atoms with Gasteiger partial charge in [0.05, 0.1) is 6.10 Å². The Balaban J connectivity index is 2.19. The van der Waals surface area contributed by atoms with Crippen molar-refractivity contribution in [2.24, 2.45) is 0 Å². The normalized spacial score (nSPS) is 12.1. The second kappa shape index (κ2) is 4.77. The molecule has 0 saturated heterocycles. The second-order valence-corrected chi connectivity index (χ2v) is 3.52. The Kier molecular flexibility index (Phi) is 3.17. The van der Waals surface area contributed by atoms with E-state index >= 15 is 0 Å². The highest BCUT2D eigenvalue weighted by Crippen LogP contribution is 2.21. The minimum absolute atomic E-state index is 0.490. The van der Waals surface area contributed by atoms with Crippen molar-refractivity contribution in [3.63, 3.8) is 0 Å². The Morgan fingerprint density at radius 1 is 1.19 bits per heavy atom. The van der Waals surface area contributed by atoms with Crippen LogP contribution in [-0.2, 0) is 0 Å². The van der Waals surface area contributed by atoms with E-state index in [1.165, 1.54) is 0 Å². The van der Waals surface area contributed by atoms with Crippen LogP contribution < -0.4 is 4.74 Å². The lowest BCUT2D eigenvalue weighted by molar-refractivity contribution is 0.198. The van der Waals surface area contributed by atoms with Crippen LogP contribution >= 0.6 is 0 Å². The van der Waals surface area contributed by atoms with E-state index in [9.17, 15) is 5.11 Å². The molecule has 0 aliphatic heterocycles. The van der Waals surface area contributed by atoms with E-state index in [2.05, 4.69) is 4.98 Å². The zero-order valence-corrected chi connectivity index (χ0v) is 9.00. The van der Waals surface area contributed by atoms with Crippen LogP contribution in [0.3, 0.4) is 0 Å². The Morgan fingerprint density at radius 2 is 1.94 bits per heavy atom. The smallest absolute Gasteiger partial charge is 0.219 e. The Hall–Kier alpha value is -1.87. The van der Waals surface area contributed by atoms with E-state index < -0.39 is 6.10 Å². The number of hydrogen-bond acceptors (Lipinski definition) is 3. The fourth-order valence-corrected chi connectivity index (χ4v) is 1.35. The van der Waals surface area contributed by atoms with Gasteiger partial charge in [-0.2, -0.15) is 0 Å². The number of hydrogen-bond donors (Lipinski definition) is 1. The first-order valence-electron chi connectivity index (χ1n) is 5.12. The molecule has 82 valence electrons. The molecule has 1 unspecified atom stereocenters. The van der Waals surface area contributed by atoms with Gasteiger partial charge in [0.2, 0.25) is 5.88 Å². The van der Waals surface area contributed by atoms with Gasteiger partial charge in [-0.05, 0) is 30.7 Å². The molecular weight excluding hydrogens is 202 g/mol. The minimum Gasteiger partial charge on any atom is -0.439 e. The standard InChI is InChI=1S/C13H13NO2/c1-10(15)11-7-8-14-13(9-11)16-12-5-3-2-4-6-12/h2-10,15H,1H3. The molecule has 0 amide bonds. The molecule has 2 aromatic rings. The molecule has 2 rings (SSSR count). The topological polar surface area (TPSA) is 42.4 Å². The molecular formula is C13H13NO2. The maximum absolute atomic E-state index is 9.43. The fourth-order valence-electron chi connectivity index (χ4n) is 1.35. The van der Waals surface area contributed by atoms with Crippen LogP contribution in [0.15, 0.2) is 48.7 Å². The van der Waals surface area contributed by atoms with Crippen molar-refractivity contribution in [2.45, 2.75) is 13.0 Å². The van der Waals surface area contributed by atoms with Gasteiger partial charge in [-0.3, -0.25) is 0 Å². The average Bonchev–Trinajstić information content (AvgIpc) is 2.30. The molecule has 0 fully saturated rings. The third-order valence-electron chi connectivity index (χ3n) is 2.21. The van der Waals surface area contributed by atoms with Gasteiger partial charge in [0.25, 0.3) is 0 Å². The van der Waals surface area contributed by atoms with Gasteiger partial charge in [0, 0.05) is 12.3 Å². The zero-order chi connectivity index (χ0) is 11.4. The molecule has 16 heavy (non-hydrogen) atoms. The van der Waals surface area contributed by atoms with Gasteiger partial charge in [0.1, 0.15) is 5.75 Å². The number of benzene rings is 1. The van der Waals surface area contributed by atoms with E-state index in [4.69, 9.17) is 4.74 Å². The number of nitrogens with zero attached hydrogens (tertiary/aromatic N) is 1. The molecule has 1 aromatic carbocycles. The van der Waals surface area contributed by atoms with Crippen molar-refractivity contribution in [2.75, 3.05) is 0 Å². The molecule has 0 saturated carbocycles. The SMILES string of the molecule is CC(O)c1ccnc(Oc2ccccc2)c1. The Morgan fingerprint density at radius 3 is 2.62 bits per heavy atom. The van der Waals surface area contributed by atoms with Gasteiger partial charge in [-0.1, -0.05) is 18.2 Å². The zero-order valence-electron chi connectivity index (χ0n) is 9.00. The van der Waals surface area contributed by atoms with Crippen LogP contribution in [0, 0.1) is 0 Å². The molecule has 0 bridgehead atoms. The summed E-state index contributed by atoms with van der Waals surface area (Å²) in [6, 6.07) is 12.9. The number of para-hydroxylation sites is 1. The maximum Gasteiger partial charge on any atom is 0.219 e. The lowest BCUT2D eigenvalue weighted by Gasteiger charge is -2.07. The predicted molar refractivity (Wildman–Crippen MR) is 61.4 cm³/mol. The molecule has 3 nitrogen and oxygen atoms in total. The van der Waals surface area contributed by atoms with Gasteiger partial charge in [0.15, 0.2) is 0 Å². The fraction of sp³-hybridized carbons (Fsp3) is 0.154. The number of aromatic nitrogens is 1. The molecule has 1 aromatic heterocycles. The Bertz CT molecular complexity index is 454. The summed E-state index contributed by atoms with van der Waals surface area (Å²) < 4.78 is 5.55. The summed E-state index contributed by atoms with van der Waals surface area (Å²) in [5, 5.41) is 9.43. The molecule has 0 aliphatic carbocycles.